The molecule has 0 unspecified atom stereocenters. The first kappa shape index (κ1) is 12.5. The van der Waals surface area contributed by atoms with Gasteiger partial charge in [-0.25, -0.2) is 9.78 Å². The molecule has 1 N–H and O–H groups in total. The van der Waals surface area contributed by atoms with E-state index in [2.05, 4.69) is 23.7 Å². The average molecular weight is 254 g/mol. The van der Waals surface area contributed by atoms with E-state index in [1.54, 1.807) is 5.38 Å². The second-order valence-corrected chi connectivity index (χ2v) is 6.31. The van der Waals surface area contributed by atoms with Crippen LogP contribution in [0.2, 0.25) is 0 Å². The van der Waals surface area contributed by atoms with Gasteiger partial charge in [-0.05, 0) is 31.3 Å². The van der Waals surface area contributed by atoms with E-state index in [4.69, 9.17) is 5.11 Å². The Morgan fingerprint density at radius 2 is 2.18 bits per heavy atom. The zero-order valence-electron chi connectivity index (χ0n) is 10.3. The molecule has 0 atom stereocenters. The molecular formula is C12H18N2O2S. The van der Waals surface area contributed by atoms with Crippen LogP contribution < -0.4 is 0 Å². The molecule has 0 bridgehead atoms. The largest absolute Gasteiger partial charge is 0.476 e. The number of likely N-dealkylation sites (tertiary alicyclic amines) is 1. The van der Waals surface area contributed by atoms with Gasteiger partial charge < -0.3 is 5.11 Å². The van der Waals surface area contributed by atoms with Crippen LogP contribution in [0.4, 0.5) is 0 Å². The Kier molecular flexibility index (Phi) is 3.49. The molecule has 1 aliphatic rings. The van der Waals surface area contributed by atoms with Crippen molar-refractivity contribution in [2.75, 3.05) is 13.1 Å². The number of hydrogen-bond acceptors (Lipinski definition) is 4. The van der Waals surface area contributed by atoms with E-state index in [1.165, 1.54) is 24.2 Å². The summed E-state index contributed by atoms with van der Waals surface area (Å²) in [7, 11) is 0. The predicted octanol–water partition coefficient (Wildman–Crippen LogP) is 2.46. The van der Waals surface area contributed by atoms with Gasteiger partial charge in [0.15, 0.2) is 5.69 Å². The Balaban J connectivity index is 1.91. The molecule has 17 heavy (non-hydrogen) atoms. The summed E-state index contributed by atoms with van der Waals surface area (Å²) in [6.45, 7) is 7.55. The minimum atomic E-state index is -0.938. The molecule has 1 fully saturated rings. The number of piperidine rings is 1. The number of rotatable bonds is 3. The highest BCUT2D eigenvalue weighted by atomic mass is 32.1. The van der Waals surface area contributed by atoms with Crippen molar-refractivity contribution in [3.63, 3.8) is 0 Å². The Morgan fingerprint density at radius 3 is 2.71 bits per heavy atom. The molecule has 0 aromatic carbocycles. The molecule has 94 valence electrons. The third-order valence-corrected chi connectivity index (χ3v) is 4.17. The van der Waals surface area contributed by atoms with Gasteiger partial charge in [0.25, 0.3) is 0 Å². The highest BCUT2D eigenvalue weighted by Crippen LogP contribution is 2.30. The van der Waals surface area contributed by atoms with Gasteiger partial charge in [-0.1, -0.05) is 13.8 Å². The lowest BCUT2D eigenvalue weighted by atomic mass is 9.83. The molecule has 5 heteroatoms. The maximum Gasteiger partial charge on any atom is 0.355 e. The number of carboxylic acid groups (broad SMARTS) is 1. The number of thiazole rings is 1. The number of nitrogens with zero attached hydrogens (tertiary/aromatic N) is 2. The normalized spacial score (nSPS) is 20.4. The van der Waals surface area contributed by atoms with E-state index in [1.807, 2.05) is 0 Å². The van der Waals surface area contributed by atoms with Crippen LogP contribution in [0.5, 0.6) is 0 Å². The summed E-state index contributed by atoms with van der Waals surface area (Å²) in [5.74, 6) is -0.938. The third-order valence-electron chi connectivity index (χ3n) is 3.34. The number of hydrogen-bond donors (Lipinski definition) is 1. The predicted molar refractivity (Wildman–Crippen MR) is 67.4 cm³/mol. The Hall–Kier alpha value is -0.940. The van der Waals surface area contributed by atoms with Crippen molar-refractivity contribution in [2.24, 2.45) is 5.41 Å². The standard InChI is InChI=1S/C12H18N2O2S/c1-12(2)3-5-14(6-4-12)7-10-13-9(8-17-10)11(15)16/h8H,3-7H2,1-2H3,(H,15,16). The van der Waals surface area contributed by atoms with Crippen LogP contribution in [0, 0.1) is 5.41 Å². The van der Waals surface area contributed by atoms with E-state index >= 15 is 0 Å². The monoisotopic (exact) mass is 254 g/mol. The summed E-state index contributed by atoms with van der Waals surface area (Å²) < 4.78 is 0. The van der Waals surface area contributed by atoms with Crippen LogP contribution in [-0.4, -0.2) is 34.0 Å². The third kappa shape index (κ3) is 3.26. The van der Waals surface area contributed by atoms with Gasteiger partial charge in [-0.15, -0.1) is 11.3 Å². The van der Waals surface area contributed by atoms with Crippen LogP contribution >= 0.6 is 11.3 Å². The van der Waals surface area contributed by atoms with E-state index in [-0.39, 0.29) is 5.69 Å². The van der Waals surface area contributed by atoms with E-state index in [9.17, 15) is 4.79 Å². The lowest BCUT2D eigenvalue weighted by Crippen LogP contribution is -2.36. The van der Waals surface area contributed by atoms with Crippen LogP contribution in [0.3, 0.4) is 0 Å². The summed E-state index contributed by atoms with van der Waals surface area (Å²) in [4.78, 5) is 17.2. The molecule has 1 saturated heterocycles. The van der Waals surface area contributed by atoms with Gasteiger partial charge in [0, 0.05) is 5.38 Å². The van der Waals surface area contributed by atoms with Crippen molar-refractivity contribution in [1.29, 1.82) is 0 Å². The van der Waals surface area contributed by atoms with Crippen molar-refractivity contribution in [2.45, 2.75) is 33.2 Å². The molecule has 0 radical (unpaired) electrons. The fourth-order valence-corrected chi connectivity index (χ4v) is 2.80. The summed E-state index contributed by atoms with van der Waals surface area (Å²) in [6.07, 6.45) is 2.40. The lowest BCUT2D eigenvalue weighted by Gasteiger charge is -2.36. The maximum absolute atomic E-state index is 10.7. The van der Waals surface area contributed by atoms with Crippen molar-refractivity contribution < 1.29 is 9.90 Å². The van der Waals surface area contributed by atoms with Gasteiger partial charge in [0.1, 0.15) is 5.01 Å². The van der Waals surface area contributed by atoms with Crippen LogP contribution in [0.25, 0.3) is 0 Å². The summed E-state index contributed by atoms with van der Waals surface area (Å²) in [6, 6.07) is 0. The second-order valence-electron chi connectivity index (χ2n) is 5.37. The van der Waals surface area contributed by atoms with Crippen molar-refractivity contribution >= 4 is 17.3 Å². The molecule has 2 rings (SSSR count). The van der Waals surface area contributed by atoms with Crippen molar-refractivity contribution in [3.8, 4) is 0 Å². The minimum absolute atomic E-state index is 0.169. The molecule has 0 amide bonds. The zero-order chi connectivity index (χ0) is 12.5. The Labute approximate surface area is 105 Å². The van der Waals surface area contributed by atoms with Gasteiger partial charge in [0.2, 0.25) is 0 Å². The van der Waals surface area contributed by atoms with Gasteiger partial charge in [-0.3, -0.25) is 4.90 Å². The molecule has 1 aliphatic heterocycles. The molecule has 1 aromatic rings. The smallest absolute Gasteiger partial charge is 0.355 e. The first-order valence-corrected chi connectivity index (χ1v) is 6.74. The van der Waals surface area contributed by atoms with E-state index in [0.717, 1.165) is 24.6 Å². The number of aromatic carboxylic acids is 1. The summed E-state index contributed by atoms with van der Waals surface area (Å²) >= 11 is 1.44. The van der Waals surface area contributed by atoms with Crippen LogP contribution in [0.15, 0.2) is 5.38 Å². The molecule has 4 nitrogen and oxygen atoms in total. The molecule has 2 heterocycles. The fourth-order valence-electron chi connectivity index (χ4n) is 1.99. The van der Waals surface area contributed by atoms with Crippen LogP contribution in [0.1, 0.15) is 42.2 Å². The SMILES string of the molecule is CC1(C)CCN(Cc2nc(C(=O)O)cs2)CC1. The second kappa shape index (κ2) is 4.74. The van der Waals surface area contributed by atoms with Gasteiger partial charge in [-0.2, -0.15) is 0 Å². The molecule has 0 spiro atoms. The topological polar surface area (TPSA) is 53.4 Å². The average Bonchev–Trinajstić information content (AvgIpc) is 2.70. The molecular weight excluding hydrogens is 236 g/mol. The van der Waals surface area contributed by atoms with Gasteiger partial charge in [0.05, 0.1) is 6.54 Å². The first-order chi connectivity index (χ1) is 7.96. The number of carboxylic acids is 1. The molecule has 1 aromatic heterocycles. The molecule has 0 saturated carbocycles. The van der Waals surface area contributed by atoms with E-state index in [0.29, 0.717) is 5.41 Å². The quantitative estimate of drug-likeness (QED) is 0.900. The number of carbonyl (C=O) groups is 1. The van der Waals surface area contributed by atoms with E-state index < -0.39 is 5.97 Å². The number of aromatic nitrogens is 1. The zero-order valence-corrected chi connectivity index (χ0v) is 11.1. The van der Waals surface area contributed by atoms with Crippen LogP contribution in [-0.2, 0) is 6.54 Å². The first-order valence-electron chi connectivity index (χ1n) is 5.86. The minimum Gasteiger partial charge on any atom is -0.476 e. The highest BCUT2D eigenvalue weighted by Gasteiger charge is 2.25. The maximum atomic E-state index is 10.7. The Bertz CT molecular complexity index is 404. The highest BCUT2D eigenvalue weighted by molar-refractivity contribution is 7.09. The Morgan fingerprint density at radius 1 is 1.53 bits per heavy atom. The summed E-state index contributed by atoms with van der Waals surface area (Å²) in [5.41, 5.74) is 0.619. The van der Waals surface area contributed by atoms with Crippen molar-refractivity contribution in [3.05, 3.63) is 16.1 Å². The lowest BCUT2D eigenvalue weighted by molar-refractivity contribution is 0.0691. The van der Waals surface area contributed by atoms with Crippen molar-refractivity contribution in [1.82, 2.24) is 9.88 Å². The summed E-state index contributed by atoms with van der Waals surface area (Å²) in [5, 5.41) is 11.3. The fraction of sp³-hybridized carbons (Fsp3) is 0.667. The molecule has 0 aliphatic carbocycles. The van der Waals surface area contributed by atoms with Gasteiger partial charge >= 0.3 is 5.97 Å².